The van der Waals surface area contributed by atoms with Crippen molar-refractivity contribution >= 4 is 6.41 Å². The number of benzene rings is 1. The summed E-state index contributed by atoms with van der Waals surface area (Å²) in [6.07, 6.45) is 1.45. The molecule has 14 heavy (non-hydrogen) atoms. The largest absolute Gasteiger partial charge is 0.372 e. The summed E-state index contributed by atoms with van der Waals surface area (Å²) < 4.78 is 0. The third kappa shape index (κ3) is 6.23. The molecule has 0 spiro atoms. The molecule has 0 heterocycles. The lowest BCUT2D eigenvalue weighted by molar-refractivity contribution is -0.106. The van der Waals surface area contributed by atoms with Crippen molar-refractivity contribution in [2.75, 3.05) is 0 Å². The molecule has 0 aliphatic heterocycles. The van der Waals surface area contributed by atoms with Crippen molar-refractivity contribution in [3.63, 3.8) is 0 Å². The van der Waals surface area contributed by atoms with Crippen molar-refractivity contribution in [2.45, 2.75) is 27.2 Å². The summed E-state index contributed by atoms with van der Waals surface area (Å²) in [4.78, 5) is 8.58. The maximum atomic E-state index is 8.58. The number of primary amides is 1. The molecule has 0 unspecified atom stereocenters. The third-order valence-corrected chi connectivity index (χ3v) is 1.73. The molecule has 1 rings (SSSR count). The van der Waals surface area contributed by atoms with E-state index in [0.717, 1.165) is 5.92 Å². The fraction of sp³-hybridized carbons (Fsp3) is 0.417. The lowest BCUT2D eigenvalue weighted by Gasteiger charge is -2.04. The van der Waals surface area contributed by atoms with Gasteiger partial charge in [0.2, 0.25) is 6.41 Å². The van der Waals surface area contributed by atoms with Crippen LogP contribution in [0.25, 0.3) is 0 Å². The number of nitrogens with two attached hydrogens (primary N) is 1. The second-order valence-corrected chi connectivity index (χ2v) is 3.72. The highest BCUT2D eigenvalue weighted by atomic mass is 16.1. The summed E-state index contributed by atoms with van der Waals surface area (Å²) in [6.45, 7) is 6.65. The standard InChI is InChI=1S/C11H16.CH3NO/c1-9(2)7-11-6-4-5-10(3)8-11;2-1-3/h4-6,8-9H,7H2,1-3H3;1H,(H2,2,3). The van der Waals surface area contributed by atoms with Crippen LogP contribution in [0.4, 0.5) is 0 Å². The average Bonchev–Trinajstić information content (AvgIpc) is 2.03. The van der Waals surface area contributed by atoms with Gasteiger partial charge in [-0.1, -0.05) is 43.7 Å². The highest BCUT2D eigenvalue weighted by Gasteiger charge is 1.96. The Kier molecular flexibility index (Phi) is 6.46. The Bertz CT molecular complexity index is 269. The maximum absolute atomic E-state index is 8.58. The molecule has 2 nitrogen and oxygen atoms in total. The molecule has 2 heteroatoms. The second kappa shape index (κ2) is 7.13. The van der Waals surface area contributed by atoms with E-state index in [4.69, 9.17) is 4.79 Å². The van der Waals surface area contributed by atoms with Gasteiger partial charge in [0.1, 0.15) is 0 Å². The van der Waals surface area contributed by atoms with Crippen molar-refractivity contribution in [3.05, 3.63) is 35.4 Å². The molecule has 1 aromatic carbocycles. The summed E-state index contributed by atoms with van der Waals surface area (Å²) >= 11 is 0. The molecule has 0 radical (unpaired) electrons. The predicted molar refractivity (Wildman–Crippen MR) is 60.0 cm³/mol. The van der Waals surface area contributed by atoms with Crippen LogP contribution in [0.1, 0.15) is 25.0 Å². The molecule has 0 aliphatic rings. The molecule has 1 amide bonds. The fourth-order valence-electron chi connectivity index (χ4n) is 1.31. The first-order valence-electron chi connectivity index (χ1n) is 4.81. The number of hydrogen-bond acceptors (Lipinski definition) is 1. The van der Waals surface area contributed by atoms with Gasteiger partial charge in [0.05, 0.1) is 0 Å². The van der Waals surface area contributed by atoms with Crippen molar-refractivity contribution in [1.82, 2.24) is 0 Å². The number of carbonyl (C=O) groups excluding carboxylic acids is 1. The van der Waals surface area contributed by atoms with Crippen molar-refractivity contribution in [3.8, 4) is 0 Å². The number of carbonyl (C=O) groups is 1. The van der Waals surface area contributed by atoms with Crippen LogP contribution in [0.5, 0.6) is 0 Å². The van der Waals surface area contributed by atoms with Crippen LogP contribution in [0.3, 0.4) is 0 Å². The first kappa shape index (κ1) is 12.7. The summed E-state index contributed by atoms with van der Waals surface area (Å²) in [7, 11) is 0. The second-order valence-electron chi connectivity index (χ2n) is 3.72. The third-order valence-electron chi connectivity index (χ3n) is 1.73. The van der Waals surface area contributed by atoms with E-state index in [1.807, 2.05) is 0 Å². The van der Waals surface area contributed by atoms with Gasteiger partial charge in [0.15, 0.2) is 0 Å². The van der Waals surface area contributed by atoms with Gasteiger partial charge < -0.3 is 5.73 Å². The molecule has 78 valence electrons. The molecule has 2 N–H and O–H groups in total. The van der Waals surface area contributed by atoms with E-state index in [9.17, 15) is 0 Å². The number of aryl methyl sites for hydroxylation is 1. The van der Waals surface area contributed by atoms with E-state index in [1.54, 1.807) is 0 Å². The minimum atomic E-state index is 0.250. The molecule has 0 bridgehead atoms. The molecule has 0 saturated heterocycles. The van der Waals surface area contributed by atoms with Gasteiger partial charge in [-0.15, -0.1) is 0 Å². The molecule has 0 atom stereocenters. The van der Waals surface area contributed by atoms with Crippen LogP contribution in [0, 0.1) is 12.8 Å². The number of amides is 1. The highest BCUT2D eigenvalue weighted by molar-refractivity contribution is 5.42. The van der Waals surface area contributed by atoms with E-state index in [2.05, 4.69) is 50.8 Å². The molecule has 0 aromatic heterocycles. The van der Waals surface area contributed by atoms with Crippen LogP contribution in [-0.4, -0.2) is 6.41 Å². The quantitative estimate of drug-likeness (QED) is 0.719. The summed E-state index contributed by atoms with van der Waals surface area (Å²) in [5.74, 6) is 0.761. The van der Waals surface area contributed by atoms with Crippen LogP contribution in [0.2, 0.25) is 0 Å². The Labute approximate surface area is 86.1 Å². The molecule has 0 aliphatic carbocycles. The van der Waals surface area contributed by atoms with Gasteiger partial charge in [-0.25, -0.2) is 0 Å². The Morgan fingerprint density at radius 3 is 2.43 bits per heavy atom. The van der Waals surface area contributed by atoms with Crippen LogP contribution >= 0.6 is 0 Å². The van der Waals surface area contributed by atoms with Gasteiger partial charge in [-0.2, -0.15) is 0 Å². The Balaban J connectivity index is 0.000000500. The van der Waals surface area contributed by atoms with E-state index < -0.39 is 0 Å². The number of rotatable bonds is 2. The SMILES string of the molecule is Cc1cccc(CC(C)C)c1.NC=O. The molecule has 0 saturated carbocycles. The Morgan fingerprint density at radius 2 is 2.00 bits per heavy atom. The molecule has 0 fully saturated rings. The van der Waals surface area contributed by atoms with E-state index in [-0.39, 0.29) is 6.41 Å². The van der Waals surface area contributed by atoms with E-state index >= 15 is 0 Å². The fourth-order valence-corrected chi connectivity index (χ4v) is 1.31. The zero-order valence-corrected chi connectivity index (χ0v) is 9.16. The summed E-state index contributed by atoms with van der Waals surface area (Å²) in [5, 5.41) is 0. The van der Waals surface area contributed by atoms with Gasteiger partial charge in [0, 0.05) is 0 Å². The zero-order valence-electron chi connectivity index (χ0n) is 9.16. The van der Waals surface area contributed by atoms with Crippen molar-refractivity contribution < 1.29 is 4.79 Å². The molecular weight excluding hydrogens is 174 g/mol. The van der Waals surface area contributed by atoms with Crippen molar-refractivity contribution in [1.29, 1.82) is 0 Å². The first-order valence-corrected chi connectivity index (χ1v) is 4.81. The lowest BCUT2D eigenvalue weighted by Crippen LogP contribution is -1.93. The van der Waals surface area contributed by atoms with Gasteiger partial charge in [-0.05, 0) is 24.8 Å². The smallest absolute Gasteiger partial charge is 0.204 e. The zero-order chi connectivity index (χ0) is 11.0. The Hall–Kier alpha value is -1.31. The van der Waals surface area contributed by atoms with E-state index in [0.29, 0.717) is 0 Å². The maximum Gasteiger partial charge on any atom is 0.204 e. The van der Waals surface area contributed by atoms with Crippen LogP contribution < -0.4 is 5.73 Å². The first-order chi connectivity index (χ1) is 6.60. The molecule has 1 aromatic rings. The number of hydrogen-bond donors (Lipinski definition) is 1. The van der Waals surface area contributed by atoms with Crippen LogP contribution in [-0.2, 0) is 11.2 Å². The minimum Gasteiger partial charge on any atom is -0.372 e. The average molecular weight is 193 g/mol. The minimum absolute atomic E-state index is 0.250. The van der Waals surface area contributed by atoms with Crippen LogP contribution in [0.15, 0.2) is 24.3 Å². The topological polar surface area (TPSA) is 43.1 Å². The summed E-state index contributed by atoms with van der Waals surface area (Å²) in [5.41, 5.74) is 6.99. The lowest BCUT2D eigenvalue weighted by atomic mass is 10.0. The monoisotopic (exact) mass is 193 g/mol. The van der Waals surface area contributed by atoms with Gasteiger partial charge in [-0.3, -0.25) is 4.79 Å². The highest BCUT2D eigenvalue weighted by Crippen LogP contribution is 2.09. The van der Waals surface area contributed by atoms with Gasteiger partial charge in [0.25, 0.3) is 0 Å². The summed E-state index contributed by atoms with van der Waals surface area (Å²) in [6, 6.07) is 8.74. The Morgan fingerprint density at radius 1 is 1.43 bits per heavy atom. The predicted octanol–water partition coefficient (Wildman–Crippen LogP) is 2.30. The van der Waals surface area contributed by atoms with Gasteiger partial charge >= 0.3 is 0 Å². The van der Waals surface area contributed by atoms with Crippen molar-refractivity contribution in [2.24, 2.45) is 11.7 Å². The van der Waals surface area contributed by atoms with E-state index in [1.165, 1.54) is 17.5 Å². The molecular formula is C12H19NO. The normalized spacial score (nSPS) is 9.14.